The number of hydrogen-bond acceptors (Lipinski definition) is 2. The van der Waals surface area contributed by atoms with Crippen LogP contribution < -0.4 is 0 Å². The molecule has 160 valence electrons. The van der Waals surface area contributed by atoms with E-state index in [-0.39, 0.29) is 0 Å². The van der Waals surface area contributed by atoms with E-state index < -0.39 is 0 Å². The second-order valence-electron chi connectivity index (χ2n) is 8.64. The van der Waals surface area contributed by atoms with Crippen molar-refractivity contribution in [1.29, 1.82) is 0 Å². The lowest BCUT2D eigenvalue weighted by Crippen LogP contribution is -2.39. The predicted octanol–water partition coefficient (Wildman–Crippen LogP) is 8.09. The molecule has 0 aliphatic carbocycles. The van der Waals surface area contributed by atoms with Crippen LogP contribution >= 0.6 is 0 Å². The van der Waals surface area contributed by atoms with Gasteiger partial charge in [-0.15, -0.1) is 0 Å². The van der Waals surface area contributed by atoms with E-state index in [9.17, 15) is 0 Å². The van der Waals surface area contributed by atoms with Crippen molar-refractivity contribution in [3.8, 4) is 0 Å². The molecule has 0 saturated heterocycles. The Bertz CT molecular complexity index is 339. The normalized spacial score (nSPS) is 16.6. The van der Waals surface area contributed by atoms with Gasteiger partial charge in [-0.25, -0.2) is 0 Å². The highest BCUT2D eigenvalue weighted by Crippen LogP contribution is 2.23. The smallest absolute Gasteiger partial charge is 0.101 e. The van der Waals surface area contributed by atoms with Crippen LogP contribution in [0.25, 0.3) is 0 Å². The molecule has 0 aromatic carbocycles. The molecule has 0 saturated carbocycles. The van der Waals surface area contributed by atoms with E-state index in [1.165, 1.54) is 122 Å². The van der Waals surface area contributed by atoms with Gasteiger partial charge in [0.25, 0.3) is 0 Å². The molecule has 0 spiro atoms. The number of nitrogens with zero attached hydrogens (tertiary/aromatic N) is 2. The summed E-state index contributed by atoms with van der Waals surface area (Å²) in [5.74, 6) is 0. The summed E-state index contributed by atoms with van der Waals surface area (Å²) in [6.45, 7) is 9.43. The zero-order valence-corrected chi connectivity index (χ0v) is 19.1. The van der Waals surface area contributed by atoms with Crippen LogP contribution in [0, 0.1) is 0 Å². The van der Waals surface area contributed by atoms with Crippen LogP contribution in [0.1, 0.15) is 130 Å². The van der Waals surface area contributed by atoms with Gasteiger partial charge in [-0.2, -0.15) is 0 Å². The lowest BCUT2D eigenvalue weighted by atomic mass is 10.1. The minimum atomic E-state index is 0.646. The van der Waals surface area contributed by atoms with E-state index in [4.69, 9.17) is 0 Å². The van der Waals surface area contributed by atoms with Crippen molar-refractivity contribution in [3.05, 3.63) is 12.4 Å². The Labute approximate surface area is 171 Å². The quantitative estimate of drug-likeness (QED) is 0.209. The molecule has 0 aromatic heterocycles. The summed E-state index contributed by atoms with van der Waals surface area (Å²) in [4.78, 5) is 5.30. The Morgan fingerprint density at radius 1 is 0.481 bits per heavy atom. The summed E-state index contributed by atoms with van der Waals surface area (Å²) >= 11 is 0. The molecule has 1 heterocycles. The first kappa shape index (κ1) is 24.4. The molecule has 2 nitrogen and oxygen atoms in total. The maximum absolute atomic E-state index is 2.66. The molecule has 1 aliphatic rings. The van der Waals surface area contributed by atoms with Gasteiger partial charge >= 0.3 is 0 Å². The standard InChI is InChI=1S/C25H50N2/c1-4-7-10-13-14-15-16-19-22-27-24-23-26(21-18-12-9-6-3)25(27)20-17-11-8-5-2/h23-25H,4-22H2,1-3H3. The van der Waals surface area contributed by atoms with Crippen molar-refractivity contribution in [1.82, 2.24) is 9.80 Å². The largest absolute Gasteiger partial charge is 0.356 e. The van der Waals surface area contributed by atoms with Crippen LogP contribution in [-0.4, -0.2) is 29.1 Å². The fourth-order valence-corrected chi connectivity index (χ4v) is 4.24. The van der Waals surface area contributed by atoms with Gasteiger partial charge in [0, 0.05) is 25.5 Å². The van der Waals surface area contributed by atoms with E-state index in [0.29, 0.717) is 6.17 Å². The highest BCUT2D eigenvalue weighted by Gasteiger charge is 2.24. The third-order valence-electron chi connectivity index (χ3n) is 6.07. The summed E-state index contributed by atoms with van der Waals surface area (Å²) in [5, 5.41) is 0. The predicted molar refractivity (Wildman–Crippen MR) is 122 cm³/mol. The van der Waals surface area contributed by atoms with Crippen LogP contribution in [0.4, 0.5) is 0 Å². The minimum Gasteiger partial charge on any atom is -0.356 e. The SMILES string of the molecule is CCCCCCCCCCN1C=CN(CCCCCC)C1CCCCCC. The van der Waals surface area contributed by atoms with Crippen molar-refractivity contribution in [2.45, 2.75) is 136 Å². The first-order valence-electron chi connectivity index (χ1n) is 12.5. The highest BCUT2D eigenvalue weighted by atomic mass is 15.4. The molecule has 0 amide bonds. The van der Waals surface area contributed by atoms with Gasteiger partial charge in [0.1, 0.15) is 6.17 Å². The molecule has 1 aliphatic heterocycles. The summed E-state index contributed by atoms with van der Waals surface area (Å²) in [6.07, 6.45) is 29.1. The van der Waals surface area contributed by atoms with Crippen molar-refractivity contribution >= 4 is 0 Å². The Kier molecular flexibility index (Phi) is 15.7. The van der Waals surface area contributed by atoms with Crippen LogP contribution in [0.5, 0.6) is 0 Å². The topological polar surface area (TPSA) is 6.48 Å². The number of hydrogen-bond donors (Lipinski definition) is 0. The Morgan fingerprint density at radius 3 is 1.33 bits per heavy atom. The van der Waals surface area contributed by atoms with Crippen LogP contribution in [0.15, 0.2) is 12.4 Å². The lowest BCUT2D eigenvalue weighted by Gasteiger charge is -2.33. The van der Waals surface area contributed by atoms with Gasteiger partial charge in [-0.3, -0.25) is 0 Å². The third-order valence-corrected chi connectivity index (χ3v) is 6.07. The summed E-state index contributed by atoms with van der Waals surface area (Å²) in [5.41, 5.74) is 0. The third kappa shape index (κ3) is 11.7. The Hall–Kier alpha value is -0.660. The Morgan fingerprint density at radius 2 is 0.852 bits per heavy atom. The van der Waals surface area contributed by atoms with Gasteiger partial charge in [0.2, 0.25) is 0 Å². The van der Waals surface area contributed by atoms with E-state index in [0.717, 1.165) is 0 Å². The maximum Gasteiger partial charge on any atom is 0.101 e. The molecule has 1 atom stereocenters. The lowest BCUT2D eigenvalue weighted by molar-refractivity contribution is 0.135. The molecule has 1 unspecified atom stereocenters. The molecule has 0 N–H and O–H groups in total. The van der Waals surface area contributed by atoms with Crippen LogP contribution in [0.3, 0.4) is 0 Å². The molecular formula is C25H50N2. The van der Waals surface area contributed by atoms with Gasteiger partial charge in [-0.05, 0) is 25.7 Å². The van der Waals surface area contributed by atoms with Gasteiger partial charge in [-0.1, -0.05) is 104 Å². The second-order valence-corrected chi connectivity index (χ2v) is 8.64. The number of unbranched alkanes of at least 4 members (excludes halogenated alkanes) is 13. The van der Waals surface area contributed by atoms with E-state index in [1.54, 1.807) is 0 Å². The summed E-state index contributed by atoms with van der Waals surface area (Å²) in [7, 11) is 0. The van der Waals surface area contributed by atoms with Crippen molar-refractivity contribution in [2.75, 3.05) is 13.1 Å². The first-order valence-corrected chi connectivity index (χ1v) is 12.5. The average molecular weight is 379 g/mol. The molecule has 0 radical (unpaired) electrons. The van der Waals surface area contributed by atoms with Crippen molar-refractivity contribution in [2.24, 2.45) is 0 Å². The van der Waals surface area contributed by atoms with Gasteiger partial charge in [0.15, 0.2) is 0 Å². The molecule has 1 rings (SSSR count). The van der Waals surface area contributed by atoms with Crippen molar-refractivity contribution < 1.29 is 0 Å². The molecule has 0 aromatic rings. The summed E-state index contributed by atoms with van der Waals surface area (Å²) < 4.78 is 0. The fourth-order valence-electron chi connectivity index (χ4n) is 4.24. The van der Waals surface area contributed by atoms with Gasteiger partial charge in [0.05, 0.1) is 0 Å². The molecule has 0 fully saturated rings. The first-order chi connectivity index (χ1) is 13.3. The minimum absolute atomic E-state index is 0.646. The number of rotatable bonds is 19. The van der Waals surface area contributed by atoms with E-state index >= 15 is 0 Å². The fraction of sp³-hybridized carbons (Fsp3) is 0.920. The molecule has 0 bridgehead atoms. The highest BCUT2D eigenvalue weighted by molar-refractivity contribution is 4.96. The zero-order valence-electron chi connectivity index (χ0n) is 19.1. The molecule has 2 heteroatoms. The second kappa shape index (κ2) is 17.4. The van der Waals surface area contributed by atoms with Gasteiger partial charge < -0.3 is 9.80 Å². The van der Waals surface area contributed by atoms with E-state index in [2.05, 4.69) is 43.0 Å². The van der Waals surface area contributed by atoms with Crippen molar-refractivity contribution in [3.63, 3.8) is 0 Å². The summed E-state index contributed by atoms with van der Waals surface area (Å²) in [6, 6.07) is 0. The molecule has 27 heavy (non-hydrogen) atoms. The van der Waals surface area contributed by atoms with Crippen LogP contribution in [0.2, 0.25) is 0 Å². The Balaban J connectivity index is 2.26. The molecular weight excluding hydrogens is 328 g/mol. The maximum atomic E-state index is 2.66. The van der Waals surface area contributed by atoms with Crippen LogP contribution in [-0.2, 0) is 0 Å². The average Bonchev–Trinajstić information content (AvgIpc) is 3.06. The zero-order chi connectivity index (χ0) is 19.6. The monoisotopic (exact) mass is 378 g/mol. The van der Waals surface area contributed by atoms with E-state index in [1.807, 2.05) is 0 Å².